The first-order chi connectivity index (χ1) is 16.4. The summed E-state index contributed by atoms with van der Waals surface area (Å²) in [5, 5.41) is 8.71. The zero-order chi connectivity index (χ0) is 24.5. The first-order valence-electron chi connectivity index (χ1n) is 10.9. The molecule has 3 rings (SSSR count). The quantitative estimate of drug-likeness (QED) is 0.209. The molecule has 0 radical (unpaired) electrons. The highest BCUT2D eigenvalue weighted by Crippen LogP contribution is 2.24. The number of carbonyl (C=O) groups is 2. The van der Waals surface area contributed by atoms with Gasteiger partial charge in [-0.2, -0.15) is 9.65 Å². The highest BCUT2D eigenvalue weighted by Gasteiger charge is 2.18. The molecule has 34 heavy (non-hydrogen) atoms. The molecule has 0 aliphatic heterocycles. The van der Waals surface area contributed by atoms with E-state index in [1.54, 1.807) is 12.1 Å². The number of rotatable bonds is 9. The van der Waals surface area contributed by atoms with E-state index in [0.29, 0.717) is 5.56 Å². The van der Waals surface area contributed by atoms with Gasteiger partial charge in [0.05, 0.1) is 16.7 Å². The Bertz CT molecular complexity index is 1200. The van der Waals surface area contributed by atoms with Crippen molar-refractivity contribution in [2.45, 2.75) is 39.0 Å². The molecule has 3 aromatic rings. The van der Waals surface area contributed by atoms with Crippen molar-refractivity contribution in [3.8, 4) is 17.6 Å². The number of carbonyl (C=O) groups excluding carboxylic acids is 2. The van der Waals surface area contributed by atoms with Crippen LogP contribution in [0.2, 0.25) is 0 Å². The van der Waals surface area contributed by atoms with Gasteiger partial charge in [0, 0.05) is 0 Å². The van der Waals surface area contributed by atoms with Gasteiger partial charge in [-0.15, -0.1) is 0 Å². The number of ether oxygens (including phenoxy) is 2. The third-order valence-electron chi connectivity index (χ3n) is 5.18. The zero-order valence-corrected chi connectivity index (χ0v) is 18.6. The molecule has 0 saturated heterocycles. The van der Waals surface area contributed by atoms with E-state index in [1.165, 1.54) is 49.6 Å². The molecular weight excluding hydrogens is 440 g/mol. The maximum atomic E-state index is 14.0. The highest BCUT2D eigenvalue weighted by atomic mass is 19.2. The van der Waals surface area contributed by atoms with Crippen molar-refractivity contribution in [3.63, 3.8) is 0 Å². The van der Waals surface area contributed by atoms with E-state index in [2.05, 4.69) is 6.92 Å². The largest absolute Gasteiger partial charge is 0.423 e. The van der Waals surface area contributed by atoms with Crippen LogP contribution in [-0.2, 0) is 6.42 Å². The molecule has 0 fully saturated rings. The molecule has 3 aromatic carbocycles. The highest BCUT2D eigenvalue weighted by molar-refractivity contribution is 5.92. The van der Waals surface area contributed by atoms with Gasteiger partial charge in [0.15, 0.2) is 11.6 Å². The molecule has 0 saturated carbocycles. The summed E-state index contributed by atoms with van der Waals surface area (Å²) in [5.41, 5.74) is 1.11. The van der Waals surface area contributed by atoms with E-state index in [4.69, 9.17) is 14.7 Å². The average Bonchev–Trinajstić information content (AvgIpc) is 2.85. The summed E-state index contributed by atoms with van der Waals surface area (Å²) >= 11 is 0. The van der Waals surface area contributed by atoms with Crippen molar-refractivity contribution in [3.05, 3.63) is 94.6 Å². The topological polar surface area (TPSA) is 76.4 Å². The Morgan fingerprint density at radius 3 is 2.03 bits per heavy atom. The van der Waals surface area contributed by atoms with Gasteiger partial charge in [-0.1, -0.05) is 38.3 Å². The predicted molar refractivity (Wildman–Crippen MR) is 122 cm³/mol. The molecule has 0 aromatic heterocycles. The maximum absolute atomic E-state index is 14.0. The van der Waals surface area contributed by atoms with Crippen LogP contribution in [0.4, 0.5) is 8.78 Å². The fourth-order valence-electron chi connectivity index (χ4n) is 3.24. The molecule has 0 atom stereocenters. The van der Waals surface area contributed by atoms with Crippen molar-refractivity contribution in [2.24, 2.45) is 0 Å². The Labute approximate surface area is 196 Å². The lowest BCUT2D eigenvalue weighted by atomic mass is 10.0. The van der Waals surface area contributed by atoms with Crippen molar-refractivity contribution in [1.29, 1.82) is 5.26 Å². The zero-order valence-electron chi connectivity index (χ0n) is 18.6. The Morgan fingerprint density at radius 1 is 0.794 bits per heavy atom. The van der Waals surface area contributed by atoms with Crippen LogP contribution in [0.5, 0.6) is 11.5 Å². The Morgan fingerprint density at radius 2 is 1.41 bits per heavy atom. The van der Waals surface area contributed by atoms with Gasteiger partial charge in [-0.3, -0.25) is 0 Å². The minimum Gasteiger partial charge on any atom is -0.423 e. The summed E-state index contributed by atoms with van der Waals surface area (Å²) in [6.45, 7) is 2.17. The summed E-state index contributed by atoms with van der Waals surface area (Å²) < 4.78 is 37.9. The minimum absolute atomic E-state index is 0.0383. The molecule has 0 bridgehead atoms. The number of aryl methyl sites for hydroxylation is 1. The first-order valence-corrected chi connectivity index (χ1v) is 10.9. The van der Waals surface area contributed by atoms with E-state index in [-0.39, 0.29) is 11.3 Å². The van der Waals surface area contributed by atoms with E-state index >= 15 is 0 Å². The van der Waals surface area contributed by atoms with Crippen LogP contribution in [0.25, 0.3) is 0 Å². The molecule has 0 aliphatic carbocycles. The van der Waals surface area contributed by atoms with Crippen LogP contribution >= 0.6 is 0 Å². The second kappa shape index (κ2) is 11.7. The second-order valence-corrected chi connectivity index (χ2v) is 7.66. The monoisotopic (exact) mass is 463 g/mol. The van der Waals surface area contributed by atoms with E-state index in [0.717, 1.165) is 30.5 Å². The van der Waals surface area contributed by atoms with Crippen molar-refractivity contribution >= 4 is 11.9 Å². The number of nitriles is 1. The molecule has 174 valence electrons. The Hall–Kier alpha value is -4.05. The third-order valence-corrected chi connectivity index (χ3v) is 5.18. The summed E-state index contributed by atoms with van der Waals surface area (Å²) in [5.74, 6) is -4.71. The number of hydrogen-bond donors (Lipinski definition) is 0. The molecule has 5 nitrogen and oxygen atoms in total. The van der Waals surface area contributed by atoms with Gasteiger partial charge >= 0.3 is 11.9 Å². The van der Waals surface area contributed by atoms with Crippen LogP contribution in [0.15, 0.2) is 60.7 Å². The lowest BCUT2D eigenvalue weighted by Gasteiger charge is -2.08. The molecule has 0 heterocycles. The number of unbranched alkanes of at least 4 members (excludes halogenated alkanes) is 3. The minimum atomic E-state index is -1.43. The standard InChI is InChI=1S/C27H23F2NO4/c1-2-3-4-5-6-18-7-9-19(10-8-18)26(31)33-22-14-11-20(12-15-22)27(32)34-23-16-13-21(17-30)24(28)25(23)29/h7-16H,2-6H2,1H3. The number of esters is 2. The lowest BCUT2D eigenvalue weighted by Crippen LogP contribution is -2.11. The smallest absolute Gasteiger partial charge is 0.343 e. The summed E-state index contributed by atoms with van der Waals surface area (Å²) in [7, 11) is 0. The number of halogens is 2. The van der Waals surface area contributed by atoms with Gasteiger partial charge in [-0.25, -0.2) is 14.0 Å². The average molecular weight is 463 g/mol. The summed E-state index contributed by atoms with van der Waals surface area (Å²) in [6.07, 6.45) is 5.66. The van der Waals surface area contributed by atoms with Crippen molar-refractivity contribution in [1.82, 2.24) is 0 Å². The number of benzene rings is 3. The van der Waals surface area contributed by atoms with Crippen molar-refractivity contribution < 1.29 is 27.8 Å². The fourth-order valence-corrected chi connectivity index (χ4v) is 3.24. The molecule has 7 heteroatoms. The molecule has 0 aliphatic rings. The van der Waals surface area contributed by atoms with Crippen LogP contribution in [-0.4, -0.2) is 11.9 Å². The molecule has 0 spiro atoms. The van der Waals surface area contributed by atoms with E-state index < -0.39 is 34.9 Å². The predicted octanol–water partition coefficient (Wildman–Crippen LogP) is 6.40. The molecule has 0 amide bonds. The van der Waals surface area contributed by atoms with Gasteiger partial charge in [-0.05, 0) is 66.9 Å². The van der Waals surface area contributed by atoms with E-state index in [9.17, 15) is 18.4 Å². The van der Waals surface area contributed by atoms with Crippen LogP contribution < -0.4 is 9.47 Å². The lowest BCUT2D eigenvalue weighted by molar-refractivity contribution is 0.0725. The van der Waals surface area contributed by atoms with Crippen LogP contribution in [0.3, 0.4) is 0 Å². The maximum Gasteiger partial charge on any atom is 0.343 e. The van der Waals surface area contributed by atoms with Gasteiger partial charge in [0.1, 0.15) is 11.8 Å². The van der Waals surface area contributed by atoms with Gasteiger partial charge in [0.25, 0.3) is 0 Å². The fraction of sp³-hybridized carbons (Fsp3) is 0.222. The van der Waals surface area contributed by atoms with Gasteiger partial charge < -0.3 is 9.47 Å². The first kappa shape index (κ1) is 24.6. The Balaban J connectivity index is 1.58. The normalized spacial score (nSPS) is 10.4. The third kappa shape index (κ3) is 6.26. The number of nitrogens with zero attached hydrogens (tertiary/aromatic N) is 1. The molecule has 0 N–H and O–H groups in total. The van der Waals surface area contributed by atoms with Crippen LogP contribution in [0, 0.1) is 23.0 Å². The Kier molecular flexibility index (Phi) is 8.47. The van der Waals surface area contributed by atoms with Crippen LogP contribution in [0.1, 0.15) is 64.4 Å². The molecular formula is C27H23F2NO4. The van der Waals surface area contributed by atoms with Gasteiger partial charge in [0.2, 0.25) is 5.82 Å². The van der Waals surface area contributed by atoms with E-state index in [1.807, 2.05) is 12.1 Å². The summed E-state index contributed by atoms with van der Waals surface area (Å²) in [6, 6.07) is 16.2. The SMILES string of the molecule is CCCCCCc1ccc(C(=O)Oc2ccc(C(=O)Oc3ccc(C#N)c(F)c3F)cc2)cc1. The van der Waals surface area contributed by atoms with Crippen molar-refractivity contribution in [2.75, 3.05) is 0 Å². The summed E-state index contributed by atoms with van der Waals surface area (Å²) in [4.78, 5) is 24.6. The number of hydrogen-bond acceptors (Lipinski definition) is 5. The molecule has 0 unspecified atom stereocenters. The second-order valence-electron chi connectivity index (χ2n) is 7.66.